The van der Waals surface area contributed by atoms with Gasteiger partial charge >= 0.3 is 14.2 Å². The monoisotopic (exact) mass is 378 g/mol. The second kappa shape index (κ2) is 9.67. The molecule has 0 saturated carbocycles. The zero-order valence-electron chi connectivity index (χ0n) is 15.9. The van der Waals surface area contributed by atoms with Gasteiger partial charge in [-0.25, -0.2) is 0 Å². The van der Waals surface area contributed by atoms with Gasteiger partial charge in [0.2, 0.25) is 0 Å². The summed E-state index contributed by atoms with van der Waals surface area (Å²) in [6, 6.07) is 39.1. The van der Waals surface area contributed by atoms with Crippen LogP contribution in [0.5, 0.6) is 11.5 Å². The molecule has 0 aliphatic rings. The number of benzene rings is 4. The molecule has 29 heavy (non-hydrogen) atoms. The van der Waals surface area contributed by atoms with Crippen LogP contribution in [0, 0.1) is 0 Å². The van der Waals surface area contributed by atoms with Crippen LogP contribution >= 0.6 is 0 Å². The van der Waals surface area contributed by atoms with Gasteiger partial charge in [0, 0.05) is 0 Å². The highest BCUT2D eigenvalue weighted by Gasteiger charge is 2.34. The third-order valence-electron chi connectivity index (χ3n) is 4.36. The molecule has 0 unspecified atom stereocenters. The van der Waals surface area contributed by atoms with Crippen molar-refractivity contribution in [2.75, 3.05) is 0 Å². The van der Waals surface area contributed by atoms with Crippen LogP contribution in [0.1, 0.15) is 0 Å². The summed E-state index contributed by atoms with van der Waals surface area (Å²) in [5.41, 5.74) is 1.82. The average Bonchev–Trinajstić information content (AvgIpc) is 2.81. The highest BCUT2D eigenvalue weighted by molar-refractivity contribution is 6.75. The third kappa shape index (κ3) is 5.31. The highest BCUT2D eigenvalue weighted by Crippen LogP contribution is 2.14. The molecule has 0 atom stereocenters. The van der Waals surface area contributed by atoms with Gasteiger partial charge in [0.25, 0.3) is 0 Å². The van der Waals surface area contributed by atoms with Gasteiger partial charge in [0.05, 0.1) is 0 Å². The second-order valence-corrected chi connectivity index (χ2v) is 6.48. The van der Waals surface area contributed by atoms with Crippen molar-refractivity contribution in [1.82, 2.24) is 0 Å². The molecule has 0 aliphatic carbocycles. The standard InChI is InChI=1S/C24H20B2O3/c1-5-13-21(14-6-1)25(27-23-17-9-3-10-18-23)29-26(22-15-7-2-8-16-22)28-24-19-11-4-12-20-24/h1-20H. The Bertz CT molecular complexity index is 901. The first-order chi connectivity index (χ1) is 14.4. The zero-order chi connectivity index (χ0) is 19.7. The van der Waals surface area contributed by atoms with E-state index < -0.39 is 14.2 Å². The molecule has 0 spiro atoms. The van der Waals surface area contributed by atoms with E-state index >= 15 is 0 Å². The Hall–Kier alpha value is -3.43. The zero-order valence-corrected chi connectivity index (χ0v) is 15.9. The van der Waals surface area contributed by atoms with Gasteiger partial charge in [-0.2, -0.15) is 0 Å². The Morgan fingerprint density at radius 1 is 0.379 bits per heavy atom. The minimum Gasteiger partial charge on any atom is -0.533 e. The number of para-hydroxylation sites is 2. The molecule has 4 aromatic carbocycles. The van der Waals surface area contributed by atoms with E-state index in [1.165, 1.54) is 0 Å². The van der Waals surface area contributed by atoms with Crippen molar-refractivity contribution in [2.24, 2.45) is 0 Å². The van der Waals surface area contributed by atoms with Crippen LogP contribution in [-0.2, 0) is 4.57 Å². The lowest BCUT2D eigenvalue weighted by Crippen LogP contribution is -2.51. The van der Waals surface area contributed by atoms with Crippen molar-refractivity contribution in [3.05, 3.63) is 121 Å². The van der Waals surface area contributed by atoms with Gasteiger partial charge in [0.15, 0.2) is 0 Å². The largest absolute Gasteiger partial charge is 0.550 e. The number of hydrogen-bond acceptors (Lipinski definition) is 3. The molecule has 0 radical (unpaired) electrons. The van der Waals surface area contributed by atoms with E-state index in [9.17, 15) is 0 Å². The van der Waals surface area contributed by atoms with Gasteiger partial charge in [0.1, 0.15) is 11.5 Å². The predicted octanol–water partition coefficient (Wildman–Crippen LogP) is 3.95. The number of hydrogen-bond donors (Lipinski definition) is 0. The fourth-order valence-electron chi connectivity index (χ4n) is 2.93. The van der Waals surface area contributed by atoms with E-state index in [1.807, 2.05) is 121 Å². The molecule has 0 bridgehead atoms. The van der Waals surface area contributed by atoms with Gasteiger partial charge in [-0.1, -0.05) is 97.1 Å². The average molecular weight is 378 g/mol. The van der Waals surface area contributed by atoms with E-state index in [0.717, 1.165) is 22.4 Å². The van der Waals surface area contributed by atoms with Gasteiger partial charge < -0.3 is 13.9 Å². The minimum atomic E-state index is -0.632. The Balaban J connectivity index is 1.64. The summed E-state index contributed by atoms with van der Waals surface area (Å²) >= 11 is 0. The van der Waals surface area contributed by atoms with Gasteiger partial charge in [-0.15, -0.1) is 0 Å². The molecule has 0 amide bonds. The van der Waals surface area contributed by atoms with Gasteiger partial charge in [-0.05, 0) is 35.2 Å². The molecule has 0 fully saturated rings. The molecule has 0 N–H and O–H groups in total. The van der Waals surface area contributed by atoms with E-state index in [1.54, 1.807) is 0 Å². The summed E-state index contributed by atoms with van der Waals surface area (Å²) in [5, 5.41) is 0. The maximum atomic E-state index is 6.39. The molecular formula is C24H20B2O3. The first kappa shape index (κ1) is 18.9. The van der Waals surface area contributed by atoms with Crippen LogP contribution in [0.3, 0.4) is 0 Å². The van der Waals surface area contributed by atoms with Crippen molar-refractivity contribution in [3.63, 3.8) is 0 Å². The molecule has 4 aromatic rings. The van der Waals surface area contributed by atoms with Crippen LogP contribution in [0.25, 0.3) is 0 Å². The third-order valence-corrected chi connectivity index (χ3v) is 4.36. The lowest BCUT2D eigenvalue weighted by Gasteiger charge is -2.22. The first-order valence-electron chi connectivity index (χ1n) is 9.57. The molecule has 140 valence electrons. The molecule has 0 aromatic heterocycles. The Morgan fingerprint density at radius 3 is 1.03 bits per heavy atom. The van der Waals surface area contributed by atoms with Crippen LogP contribution in [0.2, 0.25) is 0 Å². The Morgan fingerprint density at radius 2 is 0.690 bits per heavy atom. The van der Waals surface area contributed by atoms with Crippen molar-refractivity contribution in [3.8, 4) is 11.5 Å². The van der Waals surface area contributed by atoms with Crippen LogP contribution in [-0.4, -0.2) is 14.2 Å². The Kier molecular flexibility index (Phi) is 6.31. The van der Waals surface area contributed by atoms with E-state index in [4.69, 9.17) is 13.9 Å². The topological polar surface area (TPSA) is 27.7 Å². The van der Waals surface area contributed by atoms with Crippen molar-refractivity contribution in [1.29, 1.82) is 0 Å². The molecular weight excluding hydrogens is 358 g/mol. The summed E-state index contributed by atoms with van der Waals surface area (Å²) in [4.78, 5) is 0. The summed E-state index contributed by atoms with van der Waals surface area (Å²) < 4.78 is 18.8. The quantitative estimate of drug-likeness (QED) is 0.435. The normalized spacial score (nSPS) is 10.2. The molecule has 3 nitrogen and oxygen atoms in total. The molecule has 0 aliphatic heterocycles. The van der Waals surface area contributed by atoms with Crippen LogP contribution in [0.15, 0.2) is 121 Å². The molecule has 5 heteroatoms. The minimum absolute atomic E-state index is 0.632. The maximum Gasteiger partial charge on any atom is 0.550 e. The summed E-state index contributed by atoms with van der Waals surface area (Å²) in [6.07, 6.45) is 0. The van der Waals surface area contributed by atoms with Crippen molar-refractivity contribution in [2.45, 2.75) is 0 Å². The first-order valence-corrected chi connectivity index (χ1v) is 9.57. The van der Waals surface area contributed by atoms with Gasteiger partial charge in [-0.3, -0.25) is 0 Å². The predicted molar refractivity (Wildman–Crippen MR) is 119 cm³/mol. The maximum absolute atomic E-state index is 6.39. The highest BCUT2D eigenvalue weighted by atomic mass is 16.6. The van der Waals surface area contributed by atoms with E-state index in [-0.39, 0.29) is 0 Å². The lowest BCUT2D eigenvalue weighted by molar-refractivity contribution is 0.389. The van der Waals surface area contributed by atoms with Crippen LogP contribution in [0.4, 0.5) is 0 Å². The van der Waals surface area contributed by atoms with E-state index in [0.29, 0.717) is 0 Å². The smallest absolute Gasteiger partial charge is 0.533 e. The van der Waals surface area contributed by atoms with Crippen molar-refractivity contribution >= 4 is 25.2 Å². The van der Waals surface area contributed by atoms with E-state index in [2.05, 4.69) is 0 Å². The lowest BCUT2D eigenvalue weighted by atomic mass is 9.70. The Labute approximate surface area is 172 Å². The fourth-order valence-corrected chi connectivity index (χ4v) is 2.93. The fraction of sp³-hybridized carbons (Fsp3) is 0. The van der Waals surface area contributed by atoms with Crippen LogP contribution < -0.4 is 20.2 Å². The summed E-state index contributed by atoms with van der Waals surface area (Å²) in [6.45, 7) is 0. The summed E-state index contributed by atoms with van der Waals surface area (Å²) in [7, 11) is -1.26. The molecule has 4 rings (SSSR count). The SMILES string of the molecule is c1ccc(OB(OB(Oc2ccccc2)c2ccccc2)c2ccccc2)cc1. The van der Waals surface area contributed by atoms with Crippen molar-refractivity contribution < 1.29 is 13.9 Å². The number of rotatable bonds is 8. The summed E-state index contributed by atoms with van der Waals surface area (Å²) in [5.74, 6) is 1.46. The molecule has 0 saturated heterocycles. The second-order valence-electron chi connectivity index (χ2n) is 6.48. The molecule has 0 heterocycles.